The zero-order valence-electron chi connectivity index (χ0n) is 32.5. The van der Waals surface area contributed by atoms with Crippen molar-refractivity contribution in [2.45, 2.75) is 103 Å². The molecule has 5 aromatic rings. The highest BCUT2D eigenvalue weighted by Crippen LogP contribution is 2.48. The molecule has 290 valence electrons. The number of allylic oxidation sites excluding steroid dienone is 1. The Balaban J connectivity index is 1.42. The Hall–Kier alpha value is -5.24. The highest BCUT2D eigenvalue weighted by Gasteiger charge is 2.33. The molecule has 3 aromatic heterocycles. The number of amides is 2. The van der Waals surface area contributed by atoms with Gasteiger partial charge in [-0.25, -0.2) is 13.1 Å². The van der Waals surface area contributed by atoms with Crippen LogP contribution in [0.5, 0.6) is 5.75 Å². The molecule has 2 aliphatic rings. The van der Waals surface area contributed by atoms with Crippen molar-refractivity contribution in [3.63, 3.8) is 0 Å². The van der Waals surface area contributed by atoms with E-state index in [2.05, 4.69) is 36.7 Å². The fourth-order valence-electron chi connectivity index (χ4n) is 7.89. The second-order valence-corrected chi connectivity index (χ2v) is 17.3. The van der Waals surface area contributed by atoms with Crippen molar-refractivity contribution in [1.82, 2.24) is 34.2 Å². The predicted molar refractivity (Wildman–Crippen MR) is 211 cm³/mol. The summed E-state index contributed by atoms with van der Waals surface area (Å²) >= 11 is 0. The van der Waals surface area contributed by atoms with Gasteiger partial charge in [-0.15, -0.1) is 10.2 Å². The molecule has 0 spiro atoms. The average Bonchev–Trinajstić information content (AvgIpc) is 3.85. The molecular formula is C41H49N7O6S. The number of benzene rings is 2. The number of aromatic nitrogens is 5. The lowest BCUT2D eigenvalue weighted by atomic mass is 9.81. The summed E-state index contributed by atoms with van der Waals surface area (Å²) in [7, 11) is -0.384. The van der Waals surface area contributed by atoms with Gasteiger partial charge < -0.3 is 18.6 Å². The van der Waals surface area contributed by atoms with E-state index in [0.717, 1.165) is 59.0 Å². The van der Waals surface area contributed by atoms with Gasteiger partial charge in [-0.2, -0.15) is 5.10 Å². The molecule has 0 unspecified atom stereocenters. The molecular weight excluding hydrogens is 719 g/mol. The molecule has 1 aliphatic heterocycles. The van der Waals surface area contributed by atoms with Crippen LogP contribution in [0.4, 0.5) is 0 Å². The van der Waals surface area contributed by atoms with E-state index in [9.17, 15) is 18.0 Å². The Morgan fingerprint density at radius 1 is 1.02 bits per heavy atom. The highest BCUT2D eigenvalue weighted by molar-refractivity contribution is 7.90. The van der Waals surface area contributed by atoms with Gasteiger partial charge >= 0.3 is 0 Å². The number of fused-ring (bicyclic) bond motifs is 5. The largest absolute Gasteiger partial charge is 0.497 e. The fourth-order valence-corrected chi connectivity index (χ4v) is 8.50. The minimum Gasteiger partial charge on any atom is -0.497 e. The predicted octanol–water partition coefficient (Wildman–Crippen LogP) is 7.12. The van der Waals surface area contributed by atoms with Crippen LogP contribution in [0.1, 0.15) is 122 Å². The van der Waals surface area contributed by atoms with Crippen LogP contribution in [0.2, 0.25) is 0 Å². The monoisotopic (exact) mass is 767 g/mol. The van der Waals surface area contributed by atoms with Gasteiger partial charge in [0.05, 0.1) is 48.6 Å². The summed E-state index contributed by atoms with van der Waals surface area (Å²) in [5.41, 5.74) is 7.14. The Kier molecular flexibility index (Phi) is 10.5. The molecule has 55 heavy (non-hydrogen) atoms. The molecule has 13 nitrogen and oxygen atoms in total. The Labute approximate surface area is 321 Å². The fraction of sp³-hybridized carbons (Fsp3) is 0.439. The lowest BCUT2D eigenvalue weighted by Crippen LogP contribution is -2.37. The maximum absolute atomic E-state index is 14.6. The number of aryl methyl sites for hydroxylation is 2. The smallest absolute Gasteiger partial charge is 0.264 e. The van der Waals surface area contributed by atoms with E-state index in [1.165, 1.54) is 25.8 Å². The summed E-state index contributed by atoms with van der Waals surface area (Å²) in [6, 6.07) is 11.4. The number of carbonyl (C=O) groups excluding carboxylic acids is 2. The number of nitrogens with one attached hydrogen (secondary N) is 1. The van der Waals surface area contributed by atoms with Crippen molar-refractivity contribution >= 4 is 44.4 Å². The number of sulfonamides is 1. The summed E-state index contributed by atoms with van der Waals surface area (Å²) in [4.78, 5) is 29.8. The van der Waals surface area contributed by atoms with Crippen molar-refractivity contribution < 1.29 is 27.2 Å². The number of hydrogen-bond acceptors (Lipinski definition) is 9. The summed E-state index contributed by atoms with van der Waals surface area (Å²) < 4.78 is 43.2. The van der Waals surface area contributed by atoms with Gasteiger partial charge in [-0.3, -0.25) is 14.3 Å². The molecule has 7 rings (SSSR count). The molecule has 4 heterocycles. The van der Waals surface area contributed by atoms with Crippen molar-refractivity contribution in [3.05, 3.63) is 82.3 Å². The number of ether oxygens (including phenoxy) is 1. The number of methoxy groups -OCH3 is 1. The molecule has 1 aliphatic carbocycles. The van der Waals surface area contributed by atoms with Gasteiger partial charge in [-0.1, -0.05) is 32.3 Å². The third kappa shape index (κ3) is 7.19. The zero-order valence-corrected chi connectivity index (χ0v) is 33.4. The van der Waals surface area contributed by atoms with E-state index in [1.807, 2.05) is 46.0 Å². The maximum atomic E-state index is 14.6. The summed E-state index contributed by atoms with van der Waals surface area (Å²) in [5, 5.41) is 13.1. The van der Waals surface area contributed by atoms with Gasteiger partial charge in [0.1, 0.15) is 5.75 Å². The lowest BCUT2D eigenvalue weighted by Gasteiger charge is -2.25. The van der Waals surface area contributed by atoms with E-state index in [1.54, 1.807) is 35.0 Å². The van der Waals surface area contributed by atoms with Gasteiger partial charge in [0.2, 0.25) is 21.8 Å². The second-order valence-electron chi connectivity index (χ2n) is 15.1. The third-order valence-corrected chi connectivity index (χ3v) is 12.6. The van der Waals surface area contributed by atoms with Crippen LogP contribution in [0.3, 0.4) is 0 Å². The minimum absolute atomic E-state index is 0.144. The van der Waals surface area contributed by atoms with E-state index in [0.29, 0.717) is 41.8 Å². The molecule has 1 saturated carbocycles. The van der Waals surface area contributed by atoms with E-state index in [-0.39, 0.29) is 30.0 Å². The number of rotatable bonds is 11. The standard InChI is InChI=1S/C41H49N7O6S/c1-8-35-43-44-36(54-35)23-47(24(2)3)41(50)33-21-42-46(6)38(33)29-18-28-19-30(53-7)15-17-31(28)39-37(26-12-10-9-11-13-26)32-16-14-27(20-34(32)48(39)22-29)40(49)45-55(51,52)25(4)5/h14-21,24-26H,8-13,22-23H2,1-7H3,(H,45,49). The van der Waals surface area contributed by atoms with Crippen LogP contribution >= 0.6 is 0 Å². The van der Waals surface area contributed by atoms with Gasteiger partial charge in [0.15, 0.2) is 0 Å². The van der Waals surface area contributed by atoms with Crippen LogP contribution < -0.4 is 9.46 Å². The van der Waals surface area contributed by atoms with Crippen LogP contribution in [-0.4, -0.2) is 68.1 Å². The quantitative estimate of drug-likeness (QED) is 0.148. The van der Waals surface area contributed by atoms with Gasteiger partial charge in [0.25, 0.3) is 11.8 Å². The average molecular weight is 768 g/mol. The minimum atomic E-state index is -3.86. The second kappa shape index (κ2) is 15.1. The Bertz CT molecular complexity index is 2410. The summed E-state index contributed by atoms with van der Waals surface area (Å²) in [5.74, 6) is 0.948. The first kappa shape index (κ1) is 38.1. The molecule has 0 radical (unpaired) electrons. The molecule has 1 N–H and O–H groups in total. The highest BCUT2D eigenvalue weighted by atomic mass is 32.2. The number of carbonyl (C=O) groups is 2. The first-order chi connectivity index (χ1) is 26.3. The van der Waals surface area contributed by atoms with Crippen LogP contribution in [-0.2, 0) is 36.6 Å². The van der Waals surface area contributed by atoms with Crippen molar-refractivity contribution in [2.75, 3.05) is 7.11 Å². The molecule has 0 atom stereocenters. The summed E-state index contributed by atoms with van der Waals surface area (Å²) in [6.45, 7) is 9.39. The van der Waals surface area contributed by atoms with E-state index >= 15 is 0 Å². The first-order valence-corrected chi connectivity index (χ1v) is 20.6. The maximum Gasteiger partial charge on any atom is 0.264 e. The zero-order chi connectivity index (χ0) is 39.2. The summed E-state index contributed by atoms with van der Waals surface area (Å²) in [6.07, 6.45) is 9.82. The number of hydrogen-bond donors (Lipinski definition) is 1. The molecule has 1 fully saturated rings. The van der Waals surface area contributed by atoms with Crippen LogP contribution in [0.25, 0.3) is 33.8 Å². The number of nitrogens with zero attached hydrogens (tertiary/aromatic N) is 6. The lowest BCUT2D eigenvalue weighted by molar-refractivity contribution is 0.0670. The van der Waals surface area contributed by atoms with E-state index in [4.69, 9.17) is 9.15 Å². The SMILES string of the molecule is CCc1nnc(CN(C(=O)c2cnn(C)c2C2=Cc3cc(OC)ccc3-c3c(C4CCCCC4)c4ccc(C(=O)NS(=O)(=O)C(C)C)cc4n3C2)C(C)C)o1. The molecule has 2 amide bonds. The van der Waals surface area contributed by atoms with Crippen LogP contribution in [0, 0.1) is 0 Å². The molecule has 0 bridgehead atoms. The Morgan fingerprint density at radius 3 is 2.44 bits per heavy atom. The van der Waals surface area contributed by atoms with E-state index < -0.39 is 21.2 Å². The van der Waals surface area contributed by atoms with Crippen molar-refractivity contribution in [3.8, 4) is 17.0 Å². The Morgan fingerprint density at radius 2 is 1.76 bits per heavy atom. The van der Waals surface area contributed by atoms with Crippen molar-refractivity contribution in [2.24, 2.45) is 7.05 Å². The van der Waals surface area contributed by atoms with Crippen molar-refractivity contribution in [1.29, 1.82) is 0 Å². The van der Waals surface area contributed by atoms with Gasteiger partial charge in [0, 0.05) is 41.5 Å². The molecule has 2 aromatic carbocycles. The molecule has 14 heteroatoms. The topological polar surface area (TPSA) is 154 Å². The normalized spacial score (nSPS) is 14.8. The molecule has 0 saturated heterocycles. The first-order valence-electron chi connectivity index (χ1n) is 19.1. The third-order valence-electron chi connectivity index (χ3n) is 10.9. The van der Waals surface area contributed by atoms with Crippen LogP contribution in [0.15, 0.2) is 47.0 Å². The van der Waals surface area contributed by atoms with Gasteiger partial charge in [-0.05, 0) is 99.6 Å².